The molecule has 2 aromatic rings. The molecule has 2 heterocycles. The molecule has 0 radical (unpaired) electrons. The lowest BCUT2D eigenvalue weighted by molar-refractivity contribution is 0.102. The van der Waals surface area contributed by atoms with Gasteiger partial charge in [0.15, 0.2) is 5.69 Å². The normalized spacial score (nSPS) is 10.2. The number of nitrogens with zero attached hydrogens (tertiary/aromatic N) is 3. The van der Waals surface area contributed by atoms with E-state index in [0.717, 1.165) is 23.1 Å². The Morgan fingerprint density at radius 1 is 1.19 bits per heavy atom. The first-order chi connectivity index (χ1) is 10.1. The van der Waals surface area contributed by atoms with Gasteiger partial charge in [0, 0.05) is 11.0 Å². The second-order valence-electron chi connectivity index (χ2n) is 4.45. The number of aromatic nitrogens is 3. The number of hydrogen-bond donors (Lipinski definition) is 2. The van der Waals surface area contributed by atoms with Crippen molar-refractivity contribution in [1.82, 2.24) is 15.2 Å². The van der Waals surface area contributed by atoms with Crippen LogP contribution in [0.4, 0.5) is 11.6 Å². The van der Waals surface area contributed by atoms with Gasteiger partial charge in [-0.25, -0.2) is 4.98 Å². The summed E-state index contributed by atoms with van der Waals surface area (Å²) in [5.74, 6) is 0.806. The Hall–Kier alpha value is -2.02. The van der Waals surface area contributed by atoms with E-state index in [-0.39, 0.29) is 11.6 Å². The summed E-state index contributed by atoms with van der Waals surface area (Å²) in [6.45, 7) is 4.74. The summed E-state index contributed by atoms with van der Waals surface area (Å²) in [4.78, 5) is 16.3. The van der Waals surface area contributed by atoms with E-state index in [1.807, 2.05) is 13.0 Å². The Labute approximate surface area is 131 Å². The van der Waals surface area contributed by atoms with Crippen molar-refractivity contribution in [2.24, 2.45) is 0 Å². The smallest absolute Gasteiger partial charge is 0.277 e. The maximum absolute atomic E-state index is 12.0. The van der Waals surface area contributed by atoms with Crippen molar-refractivity contribution >= 4 is 33.5 Å². The number of carbonyl (C=O) groups excluding carboxylic acids is 1. The molecule has 2 aromatic heterocycles. The van der Waals surface area contributed by atoms with Gasteiger partial charge >= 0.3 is 0 Å². The summed E-state index contributed by atoms with van der Waals surface area (Å²) in [5, 5.41) is 13.7. The number of nitrogens with one attached hydrogen (secondary N) is 2. The fourth-order valence-corrected chi connectivity index (χ4v) is 1.82. The minimum atomic E-state index is -0.334. The molecule has 0 aliphatic rings. The third-order valence-electron chi connectivity index (χ3n) is 2.72. The van der Waals surface area contributed by atoms with Gasteiger partial charge in [0.05, 0.1) is 5.69 Å². The van der Waals surface area contributed by atoms with E-state index in [9.17, 15) is 4.79 Å². The lowest BCUT2D eigenvalue weighted by Crippen LogP contribution is -2.16. The summed E-state index contributed by atoms with van der Waals surface area (Å²) >= 11 is 3.36. The van der Waals surface area contributed by atoms with Crippen LogP contribution in [0.5, 0.6) is 0 Å². The van der Waals surface area contributed by atoms with Crippen LogP contribution >= 0.6 is 15.9 Å². The van der Waals surface area contributed by atoms with Crippen molar-refractivity contribution < 1.29 is 4.79 Å². The molecule has 0 spiro atoms. The van der Waals surface area contributed by atoms with E-state index in [1.54, 1.807) is 18.2 Å². The molecule has 110 valence electrons. The van der Waals surface area contributed by atoms with Gasteiger partial charge in [0.2, 0.25) is 0 Å². The van der Waals surface area contributed by atoms with E-state index in [4.69, 9.17) is 0 Å². The number of amides is 1. The first-order valence-corrected chi connectivity index (χ1v) is 7.41. The first-order valence-electron chi connectivity index (χ1n) is 6.62. The number of rotatable bonds is 5. The SMILES string of the molecule is CCCNc1ccc(C(=O)Nc2ccc(Br)c(C)n2)nn1. The molecule has 0 fully saturated rings. The Balaban J connectivity index is 2.04. The first kappa shape index (κ1) is 15.4. The van der Waals surface area contributed by atoms with E-state index < -0.39 is 0 Å². The molecule has 0 aliphatic carbocycles. The standard InChI is InChI=1S/C14H16BrN5O/c1-3-8-16-12-7-5-11(19-20-12)14(21)18-13-6-4-10(15)9(2)17-13/h4-7H,3,8H2,1-2H3,(H,16,20)(H,17,18,21). The van der Waals surface area contributed by atoms with Gasteiger partial charge in [0.1, 0.15) is 11.6 Å². The molecule has 0 bridgehead atoms. The van der Waals surface area contributed by atoms with Crippen LogP contribution in [0.1, 0.15) is 29.5 Å². The van der Waals surface area contributed by atoms with Crippen LogP contribution in [-0.2, 0) is 0 Å². The highest BCUT2D eigenvalue weighted by atomic mass is 79.9. The van der Waals surface area contributed by atoms with Gasteiger partial charge in [-0.15, -0.1) is 10.2 Å². The molecule has 0 saturated heterocycles. The fraction of sp³-hybridized carbons (Fsp3) is 0.286. The topological polar surface area (TPSA) is 79.8 Å². The Morgan fingerprint density at radius 3 is 2.57 bits per heavy atom. The van der Waals surface area contributed by atoms with Crippen LogP contribution < -0.4 is 10.6 Å². The molecule has 0 aliphatic heterocycles. The number of halogens is 1. The number of hydrogen-bond acceptors (Lipinski definition) is 5. The molecule has 1 amide bonds. The largest absolute Gasteiger partial charge is 0.369 e. The van der Waals surface area contributed by atoms with Gasteiger partial charge < -0.3 is 10.6 Å². The number of carbonyl (C=O) groups is 1. The Bertz CT molecular complexity index is 630. The predicted molar refractivity (Wildman–Crippen MR) is 85.4 cm³/mol. The van der Waals surface area contributed by atoms with Crippen molar-refractivity contribution in [3.05, 3.63) is 40.1 Å². The van der Waals surface area contributed by atoms with E-state index >= 15 is 0 Å². The third-order valence-corrected chi connectivity index (χ3v) is 3.55. The number of anilines is 2. The zero-order valence-corrected chi connectivity index (χ0v) is 13.4. The van der Waals surface area contributed by atoms with Gasteiger partial charge in [-0.1, -0.05) is 6.92 Å². The summed E-state index contributed by atoms with van der Waals surface area (Å²) < 4.78 is 0.895. The molecule has 0 aromatic carbocycles. The van der Waals surface area contributed by atoms with Crippen molar-refractivity contribution in [2.75, 3.05) is 17.2 Å². The molecule has 0 unspecified atom stereocenters. The van der Waals surface area contributed by atoms with Gasteiger partial charge in [-0.3, -0.25) is 4.79 Å². The minimum absolute atomic E-state index is 0.249. The zero-order valence-electron chi connectivity index (χ0n) is 11.9. The van der Waals surface area contributed by atoms with Crippen LogP contribution in [0.15, 0.2) is 28.7 Å². The van der Waals surface area contributed by atoms with Crippen LogP contribution in [0, 0.1) is 6.92 Å². The van der Waals surface area contributed by atoms with Crippen LogP contribution in [-0.4, -0.2) is 27.6 Å². The van der Waals surface area contributed by atoms with Crippen molar-refractivity contribution in [3.63, 3.8) is 0 Å². The second-order valence-corrected chi connectivity index (χ2v) is 5.30. The molecular weight excluding hydrogens is 334 g/mol. The maximum atomic E-state index is 12.0. The van der Waals surface area contributed by atoms with E-state index in [0.29, 0.717) is 11.6 Å². The summed E-state index contributed by atoms with van der Waals surface area (Å²) in [6, 6.07) is 6.92. The Kier molecular flexibility index (Phi) is 5.21. The monoisotopic (exact) mass is 349 g/mol. The van der Waals surface area contributed by atoms with Gasteiger partial charge in [0.25, 0.3) is 5.91 Å². The molecule has 2 rings (SSSR count). The second kappa shape index (κ2) is 7.12. The zero-order chi connectivity index (χ0) is 15.2. The molecule has 0 saturated carbocycles. The molecule has 7 heteroatoms. The number of pyridine rings is 1. The summed E-state index contributed by atoms with van der Waals surface area (Å²) in [6.07, 6.45) is 0.999. The van der Waals surface area contributed by atoms with Crippen LogP contribution in [0.25, 0.3) is 0 Å². The minimum Gasteiger partial charge on any atom is -0.369 e. The summed E-state index contributed by atoms with van der Waals surface area (Å²) in [7, 11) is 0. The summed E-state index contributed by atoms with van der Waals surface area (Å²) in [5.41, 5.74) is 1.05. The van der Waals surface area contributed by atoms with Crippen molar-refractivity contribution in [3.8, 4) is 0 Å². The molecular formula is C14H16BrN5O. The predicted octanol–water partition coefficient (Wildman–Crippen LogP) is 3.02. The van der Waals surface area contributed by atoms with Crippen LogP contribution in [0.2, 0.25) is 0 Å². The highest BCUT2D eigenvalue weighted by Crippen LogP contribution is 2.16. The van der Waals surface area contributed by atoms with Crippen LogP contribution in [0.3, 0.4) is 0 Å². The highest BCUT2D eigenvalue weighted by molar-refractivity contribution is 9.10. The van der Waals surface area contributed by atoms with Crippen molar-refractivity contribution in [1.29, 1.82) is 0 Å². The van der Waals surface area contributed by atoms with E-state index in [2.05, 4.69) is 48.7 Å². The highest BCUT2D eigenvalue weighted by Gasteiger charge is 2.10. The maximum Gasteiger partial charge on any atom is 0.277 e. The fourth-order valence-electron chi connectivity index (χ4n) is 1.59. The van der Waals surface area contributed by atoms with Gasteiger partial charge in [-0.05, 0) is 53.5 Å². The van der Waals surface area contributed by atoms with Gasteiger partial charge in [-0.2, -0.15) is 0 Å². The molecule has 6 nitrogen and oxygen atoms in total. The van der Waals surface area contributed by atoms with Crippen molar-refractivity contribution in [2.45, 2.75) is 20.3 Å². The average Bonchev–Trinajstić information content (AvgIpc) is 2.49. The molecule has 0 atom stereocenters. The lowest BCUT2D eigenvalue weighted by atomic mass is 10.3. The number of aryl methyl sites for hydroxylation is 1. The average molecular weight is 350 g/mol. The molecule has 21 heavy (non-hydrogen) atoms. The Morgan fingerprint density at radius 2 is 1.95 bits per heavy atom. The quantitative estimate of drug-likeness (QED) is 0.867. The lowest BCUT2D eigenvalue weighted by Gasteiger charge is -2.06. The van der Waals surface area contributed by atoms with E-state index in [1.165, 1.54) is 0 Å². The third kappa shape index (κ3) is 4.22. The molecule has 2 N–H and O–H groups in total.